The summed E-state index contributed by atoms with van der Waals surface area (Å²) in [7, 11) is 0. The van der Waals surface area contributed by atoms with Crippen LogP contribution in [0, 0.1) is 0 Å². The molecule has 1 rings (SSSR count). The van der Waals surface area contributed by atoms with Crippen LogP contribution in [0.15, 0.2) is 29.2 Å². The Morgan fingerprint density at radius 3 is 2.50 bits per heavy atom. The lowest BCUT2D eigenvalue weighted by Gasteiger charge is -2.09. The Morgan fingerprint density at radius 2 is 1.93 bits per heavy atom. The van der Waals surface area contributed by atoms with E-state index >= 15 is 0 Å². The molecular formula is C12H17ClS. The van der Waals surface area contributed by atoms with Gasteiger partial charge in [0.05, 0.1) is 0 Å². The van der Waals surface area contributed by atoms with Gasteiger partial charge in [0.1, 0.15) is 0 Å². The van der Waals surface area contributed by atoms with E-state index in [4.69, 9.17) is 11.6 Å². The fourth-order valence-corrected chi connectivity index (χ4v) is 2.46. The van der Waals surface area contributed by atoms with E-state index < -0.39 is 0 Å². The Balaban J connectivity index is 2.39. The van der Waals surface area contributed by atoms with Crippen molar-refractivity contribution in [1.29, 1.82) is 0 Å². The molecule has 0 saturated carbocycles. The first-order chi connectivity index (χ1) is 6.72. The molecule has 1 unspecified atom stereocenters. The van der Waals surface area contributed by atoms with Crippen molar-refractivity contribution in [2.75, 3.05) is 0 Å². The Bertz CT molecular complexity index is 256. The molecule has 0 saturated heterocycles. The lowest BCUT2D eigenvalue weighted by atomic mass is 10.2. The van der Waals surface area contributed by atoms with Crippen LogP contribution in [0.2, 0.25) is 5.02 Å². The molecule has 0 bridgehead atoms. The van der Waals surface area contributed by atoms with Gasteiger partial charge in [0.15, 0.2) is 0 Å². The molecule has 0 N–H and O–H groups in total. The number of rotatable bonds is 5. The summed E-state index contributed by atoms with van der Waals surface area (Å²) >= 11 is 7.76. The molecule has 0 amide bonds. The maximum absolute atomic E-state index is 5.82. The number of hydrogen-bond acceptors (Lipinski definition) is 1. The van der Waals surface area contributed by atoms with Crippen LogP contribution in [0.25, 0.3) is 0 Å². The van der Waals surface area contributed by atoms with Crippen LogP contribution in [-0.2, 0) is 0 Å². The average Bonchev–Trinajstić information content (AvgIpc) is 2.18. The van der Waals surface area contributed by atoms with Crippen LogP contribution in [0.5, 0.6) is 0 Å². The SMILES string of the molecule is CCCCC(C)Sc1ccc(Cl)cc1. The van der Waals surface area contributed by atoms with Gasteiger partial charge in [-0.25, -0.2) is 0 Å². The average molecular weight is 229 g/mol. The second kappa shape index (κ2) is 6.36. The molecule has 0 heterocycles. The van der Waals surface area contributed by atoms with Crippen LogP contribution in [-0.4, -0.2) is 5.25 Å². The Morgan fingerprint density at radius 1 is 1.29 bits per heavy atom. The van der Waals surface area contributed by atoms with Gasteiger partial charge >= 0.3 is 0 Å². The predicted octanol–water partition coefficient (Wildman–Crippen LogP) is 5.01. The molecule has 0 aromatic heterocycles. The van der Waals surface area contributed by atoms with Gasteiger partial charge < -0.3 is 0 Å². The highest BCUT2D eigenvalue weighted by molar-refractivity contribution is 7.99. The Hall–Kier alpha value is -0.140. The molecule has 1 aromatic rings. The van der Waals surface area contributed by atoms with E-state index in [2.05, 4.69) is 26.0 Å². The first kappa shape index (κ1) is 11.9. The van der Waals surface area contributed by atoms with Crippen molar-refractivity contribution in [3.05, 3.63) is 29.3 Å². The fraction of sp³-hybridized carbons (Fsp3) is 0.500. The summed E-state index contributed by atoms with van der Waals surface area (Å²) in [4.78, 5) is 1.32. The van der Waals surface area contributed by atoms with E-state index in [-0.39, 0.29) is 0 Å². The summed E-state index contributed by atoms with van der Waals surface area (Å²) < 4.78 is 0. The quantitative estimate of drug-likeness (QED) is 0.639. The summed E-state index contributed by atoms with van der Waals surface area (Å²) in [5, 5.41) is 1.52. The van der Waals surface area contributed by atoms with Gasteiger partial charge in [0.2, 0.25) is 0 Å². The lowest BCUT2D eigenvalue weighted by Crippen LogP contribution is -1.94. The minimum Gasteiger partial charge on any atom is -0.123 e. The van der Waals surface area contributed by atoms with Gasteiger partial charge in [-0.15, -0.1) is 11.8 Å². The highest BCUT2D eigenvalue weighted by atomic mass is 35.5. The molecule has 0 aliphatic rings. The van der Waals surface area contributed by atoms with Crippen LogP contribution >= 0.6 is 23.4 Å². The third-order valence-corrected chi connectivity index (χ3v) is 3.55. The van der Waals surface area contributed by atoms with Crippen molar-refractivity contribution in [2.45, 2.75) is 43.3 Å². The van der Waals surface area contributed by atoms with E-state index in [1.165, 1.54) is 24.2 Å². The summed E-state index contributed by atoms with van der Waals surface area (Å²) in [5.74, 6) is 0. The Kier molecular flexibility index (Phi) is 5.42. The van der Waals surface area contributed by atoms with Crippen molar-refractivity contribution in [2.24, 2.45) is 0 Å². The zero-order valence-electron chi connectivity index (χ0n) is 8.79. The summed E-state index contributed by atoms with van der Waals surface area (Å²) in [5.41, 5.74) is 0. The predicted molar refractivity (Wildman–Crippen MR) is 66.3 cm³/mol. The summed E-state index contributed by atoms with van der Waals surface area (Å²) in [6.07, 6.45) is 3.90. The first-order valence-electron chi connectivity index (χ1n) is 5.14. The van der Waals surface area contributed by atoms with E-state index in [1.54, 1.807) is 0 Å². The van der Waals surface area contributed by atoms with Gasteiger partial charge in [-0.05, 0) is 30.7 Å². The molecule has 0 fully saturated rings. The number of hydrogen-bond donors (Lipinski definition) is 0. The number of halogens is 1. The fourth-order valence-electron chi connectivity index (χ4n) is 1.30. The van der Waals surface area contributed by atoms with Gasteiger partial charge in [-0.1, -0.05) is 38.3 Å². The van der Waals surface area contributed by atoms with Crippen molar-refractivity contribution >= 4 is 23.4 Å². The largest absolute Gasteiger partial charge is 0.123 e. The highest BCUT2D eigenvalue weighted by Gasteiger charge is 2.03. The molecule has 14 heavy (non-hydrogen) atoms. The topological polar surface area (TPSA) is 0 Å². The van der Waals surface area contributed by atoms with E-state index in [9.17, 15) is 0 Å². The number of benzene rings is 1. The highest BCUT2D eigenvalue weighted by Crippen LogP contribution is 2.27. The molecule has 0 nitrogen and oxygen atoms in total. The minimum atomic E-state index is 0.705. The third-order valence-electron chi connectivity index (χ3n) is 2.12. The van der Waals surface area contributed by atoms with E-state index in [0.717, 1.165) is 5.02 Å². The van der Waals surface area contributed by atoms with Crippen LogP contribution < -0.4 is 0 Å². The molecule has 2 heteroatoms. The first-order valence-corrected chi connectivity index (χ1v) is 6.40. The number of unbranched alkanes of at least 4 members (excludes halogenated alkanes) is 1. The van der Waals surface area contributed by atoms with E-state index in [1.807, 2.05) is 23.9 Å². The minimum absolute atomic E-state index is 0.705. The van der Waals surface area contributed by atoms with Gasteiger partial charge in [-0.2, -0.15) is 0 Å². The maximum Gasteiger partial charge on any atom is 0.0406 e. The molecular weight excluding hydrogens is 212 g/mol. The molecule has 1 aromatic carbocycles. The molecule has 1 atom stereocenters. The van der Waals surface area contributed by atoms with Gasteiger partial charge in [0.25, 0.3) is 0 Å². The smallest absolute Gasteiger partial charge is 0.0406 e. The lowest BCUT2D eigenvalue weighted by molar-refractivity contribution is 0.713. The van der Waals surface area contributed by atoms with Crippen LogP contribution in [0.1, 0.15) is 33.1 Å². The summed E-state index contributed by atoms with van der Waals surface area (Å²) in [6, 6.07) is 8.09. The molecule has 0 aliphatic carbocycles. The van der Waals surface area contributed by atoms with Gasteiger partial charge in [-0.3, -0.25) is 0 Å². The monoisotopic (exact) mass is 228 g/mol. The molecule has 0 spiro atoms. The normalized spacial score (nSPS) is 12.8. The zero-order valence-corrected chi connectivity index (χ0v) is 10.4. The van der Waals surface area contributed by atoms with Gasteiger partial charge in [0, 0.05) is 15.2 Å². The second-order valence-electron chi connectivity index (χ2n) is 3.52. The van der Waals surface area contributed by atoms with Crippen molar-refractivity contribution < 1.29 is 0 Å². The Labute approximate surface area is 96.0 Å². The second-order valence-corrected chi connectivity index (χ2v) is 5.47. The van der Waals surface area contributed by atoms with Crippen molar-refractivity contribution in [1.82, 2.24) is 0 Å². The van der Waals surface area contributed by atoms with Crippen LogP contribution in [0.4, 0.5) is 0 Å². The molecule has 0 radical (unpaired) electrons. The third kappa shape index (κ3) is 4.39. The summed E-state index contributed by atoms with van der Waals surface area (Å²) in [6.45, 7) is 4.52. The van der Waals surface area contributed by atoms with E-state index in [0.29, 0.717) is 5.25 Å². The van der Waals surface area contributed by atoms with Crippen molar-refractivity contribution in [3.8, 4) is 0 Å². The maximum atomic E-state index is 5.82. The standard InChI is InChI=1S/C12H17ClS/c1-3-4-5-10(2)14-12-8-6-11(13)7-9-12/h6-10H,3-5H2,1-2H3. The zero-order chi connectivity index (χ0) is 10.4. The van der Waals surface area contributed by atoms with Crippen molar-refractivity contribution in [3.63, 3.8) is 0 Å². The number of thioether (sulfide) groups is 1. The molecule has 78 valence electrons. The van der Waals surface area contributed by atoms with Crippen LogP contribution in [0.3, 0.4) is 0 Å². The molecule has 0 aliphatic heterocycles.